The number of nitrogens with zero attached hydrogens (tertiary/aromatic N) is 2. The van der Waals surface area contributed by atoms with Crippen molar-refractivity contribution in [3.63, 3.8) is 0 Å². The van der Waals surface area contributed by atoms with E-state index in [-0.39, 0.29) is 5.11 Å². The van der Waals surface area contributed by atoms with Crippen LogP contribution in [0.4, 0.5) is 0 Å². The summed E-state index contributed by atoms with van der Waals surface area (Å²) in [6.07, 6.45) is 7.94. The molecule has 4 nitrogen and oxygen atoms in total. The summed E-state index contributed by atoms with van der Waals surface area (Å²) in [6.45, 7) is 0.605. The lowest BCUT2D eigenvalue weighted by atomic mass is 10.1. The Kier molecular flexibility index (Phi) is 4.84. The summed E-state index contributed by atoms with van der Waals surface area (Å²) in [5.74, 6) is 0. The van der Waals surface area contributed by atoms with Gasteiger partial charge in [0.25, 0.3) is 0 Å². The molecule has 1 atom stereocenters. The van der Waals surface area contributed by atoms with Crippen LogP contribution in [0.3, 0.4) is 0 Å². The van der Waals surface area contributed by atoms with Crippen LogP contribution in [0.15, 0.2) is 48.7 Å². The van der Waals surface area contributed by atoms with Crippen molar-refractivity contribution in [2.45, 2.75) is 12.1 Å². The van der Waals surface area contributed by atoms with Crippen LogP contribution in [0, 0.1) is 11.3 Å². The third-order valence-corrected chi connectivity index (χ3v) is 3.70. The summed E-state index contributed by atoms with van der Waals surface area (Å²) < 4.78 is 0. The molecule has 0 saturated carbocycles. The lowest BCUT2D eigenvalue weighted by molar-refractivity contribution is 0.236. The minimum Gasteiger partial charge on any atom is -0.376 e. The van der Waals surface area contributed by atoms with Gasteiger partial charge in [-0.15, -0.1) is 0 Å². The number of nitriles is 1. The first kappa shape index (κ1) is 15.4. The molecule has 0 aromatic heterocycles. The highest BCUT2D eigenvalue weighted by atomic mass is 35.5. The highest BCUT2D eigenvalue weighted by Crippen LogP contribution is 2.21. The third-order valence-electron chi connectivity index (χ3n) is 3.23. The molecule has 2 rings (SSSR count). The van der Waals surface area contributed by atoms with Gasteiger partial charge in [-0.2, -0.15) is 5.26 Å². The Hall–Kier alpha value is -2.03. The van der Waals surface area contributed by atoms with Gasteiger partial charge in [-0.3, -0.25) is 0 Å². The van der Waals surface area contributed by atoms with Crippen molar-refractivity contribution in [1.29, 1.82) is 5.26 Å². The molecule has 6 heteroatoms. The van der Waals surface area contributed by atoms with Crippen LogP contribution in [0.2, 0.25) is 5.02 Å². The molecule has 0 saturated heterocycles. The van der Waals surface area contributed by atoms with Crippen molar-refractivity contribution in [2.75, 3.05) is 6.54 Å². The minimum atomic E-state index is -1.05. The first-order valence-corrected chi connectivity index (χ1v) is 7.21. The minimum absolute atomic E-state index is 0.0826. The van der Waals surface area contributed by atoms with Gasteiger partial charge in [0.15, 0.2) is 5.11 Å². The molecular formula is C15H15ClN4S. The quantitative estimate of drug-likeness (QED) is 0.834. The molecule has 0 amide bonds. The van der Waals surface area contributed by atoms with Crippen LogP contribution in [0.1, 0.15) is 5.56 Å². The van der Waals surface area contributed by atoms with Gasteiger partial charge in [0.1, 0.15) is 6.07 Å². The molecule has 0 fully saturated rings. The van der Waals surface area contributed by atoms with Gasteiger partial charge < -0.3 is 16.0 Å². The number of hydrogen-bond donors (Lipinski definition) is 2. The van der Waals surface area contributed by atoms with E-state index in [1.54, 1.807) is 12.2 Å². The molecule has 0 aliphatic carbocycles. The van der Waals surface area contributed by atoms with E-state index in [0.29, 0.717) is 13.0 Å². The smallest absolute Gasteiger partial charge is 0.221 e. The molecule has 108 valence electrons. The fourth-order valence-corrected chi connectivity index (χ4v) is 2.57. The molecule has 0 bridgehead atoms. The second-order valence-corrected chi connectivity index (χ2v) is 5.45. The molecule has 1 aromatic rings. The van der Waals surface area contributed by atoms with Gasteiger partial charge in [0, 0.05) is 17.8 Å². The summed E-state index contributed by atoms with van der Waals surface area (Å²) in [5, 5.41) is 13.2. The van der Waals surface area contributed by atoms with Crippen molar-refractivity contribution < 1.29 is 0 Å². The van der Waals surface area contributed by atoms with E-state index < -0.39 is 5.66 Å². The number of nitrogens with one attached hydrogen (secondary N) is 1. The van der Waals surface area contributed by atoms with Gasteiger partial charge in [0.2, 0.25) is 5.66 Å². The topological polar surface area (TPSA) is 65.1 Å². The van der Waals surface area contributed by atoms with E-state index in [1.165, 1.54) is 0 Å². The van der Waals surface area contributed by atoms with E-state index in [9.17, 15) is 5.26 Å². The van der Waals surface area contributed by atoms with Gasteiger partial charge in [-0.25, -0.2) is 0 Å². The maximum atomic E-state index is 9.53. The van der Waals surface area contributed by atoms with Gasteiger partial charge in [-0.1, -0.05) is 35.9 Å². The molecule has 1 heterocycles. The zero-order chi connectivity index (χ0) is 15.3. The maximum Gasteiger partial charge on any atom is 0.221 e. The Balaban J connectivity index is 2.15. The highest BCUT2D eigenvalue weighted by molar-refractivity contribution is 7.80. The van der Waals surface area contributed by atoms with Crippen molar-refractivity contribution in [2.24, 2.45) is 5.73 Å². The monoisotopic (exact) mass is 318 g/mol. The molecule has 0 radical (unpaired) electrons. The number of nitrogens with two attached hydrogens (primary N) is 1. The number of halogens is 1. The first-order valence-electron chi connectivity index (χ1n) is 6.42. The standard InChI is InChI=1S/C15H15ClN4S/c16-13-6-2-1-5-12(13)7-10-20-9-4-3-8-15(20,11-17)19-14(18)21/h1-6,8-9H,7,10H2,(H3,18,19,21). The number of rotatable bonds is 4. The fraction of sp³-hybridized carbons (Fsp3) is 0.200. The SMILES string of the molecule is N#CC1(NC(N)=S)C=CC=CN1CCc1ccccc1Cl. The molecule has 3 N–H and O–H groups in total. The second-order valence-electron chi connectivity index (χ2n) is 4.60. The summed E-state index contributed by atoms with van der Waals surface area (Å²) in [7, 11) is 0. The second kappa shape index (κ2) is 6.61. The Labute approximate surface area is 134 Å². The van der Waals surface area contributed by atoms with Crippen molar-refractivity contribution in [3.05, 3.63) is 59.3 Å². The van der Waals surface area contributed by atoms with E-state index in [2.05, 4.69) is 11.4 Å². The van der Waals surface area contributed by atoms with Crippen molar-refractivity contribution in [3.8, 4) is 6.07 Å². The average molecular weight is 319 g/mol. The number of benzene rings is 1. The summed E-state index contributed by atoms with van der Waals surface area (Å²) >= 11 is 11.0. The maximum absolute atomic E-state index is 9.53. The lowest BCUT2D eigenvalue weighted by Gasteiger charge is -2.38. The molecule has 1 unspecified atom stereocenters. The number of allylic oxidation sites excluding steroid dienone is 2. The van der Waals surface area contributed by atoms with Gasteiger partial charge in [-0.05, 0) is 42.4 Å². The van der Waals surface area contributed by atoms with E-state index >= 15 is 0 Å². The Morgan fingerprint density at radius 1 is 1.43 bits per heavy atom. The normalized spacial score (nSPS) is 20.1. The molecule has 1 aromatic carbocycles. The van der Waals surface area contributed by atoms with E-state index in [0.717, 1.165) is 10.6 Å². The summed E-state index contributed by atoms with van der Waals surface area (Å²) in [5.41, 5.74) is 5.52. The Morgan fingerprint density at radius 3 is 2.86 bits per heavy atom. The number of thiocarbonyl (C=S) groups is 1. The highest BCUT2D eigenvalue weighted by Gasteiger charge is 2.34. The van der Waals surface area contributed by atoms with Crippen LogP contribution in [0.25, 0.3) is 0 Å². The molecule has 1 aliphatic rings. The van der Waals surface area contributed by atoms with E-state index in [1.807, 2.05) is 41.4 Å². The molecule has 1 aliphatic heterocycles. The molecule has 21 heavy (non-hydrogen) atoms. The van der Waals surface area contributed by atoms with Gasteiger partial charge >= 0.3 is 0 Å². The van der Waals surface area contributed by atoms with Crippen LogP contribution in [-0.2, 0) is 6.42 Å². The van der Waals surface area contributed by atoms with Crippen molar-refractivity contribution in [1.82, 2.24) is 10.2 Å². The molecule has 0 spiro atoms. The fourth-order valence-electron chi connectivity index (χ4n) is 2.19. The first-order chi connectivity index (χ1) is 10.1. The summed E-state index contributed by atoms with van der Waals surface area (Å²) in [6, 6.07) is 9.89. The van der Waals surface area contributed by atoms with E-state index in [4.69, 9.17) is 29.6 Å². The third kappa shape index (κ3) is 3.54. The lowest BCUT2D eigenvalue weighted by Crippen LogP contribution is -2.59. The Bertz CT molecular complexity index is 635. The van der Waals surface area contributed by atoms with Gasteiger partial charge in [0.05, 0.1) is 0 Å². The largest absolute Gasteiger partial charge is 0.376 e. The number of hydrogen-bond acceptors (Lipinski definition) is 3. The van der Waals surface area contributed by atoms with Crippen LogP contribution in [-0.4, -0.2) is 22.2 Å². The predicted octanol–water partition coefficient (Wildman–Crippen LogP) is 2.32. The van der Waals surface area contributed by atoms with Crippen LogP contribution < -0.4 is 11.1 Å². The predicted molar refractivity (Wildman–Crippen MR) is 88.4 cm³/mol. The van der Waals surface area contributed by atoms with Crippen LogP contribution >= 0.6 is 23.8 Å². The molecular weight excluding hydrogens is 304 g/mol. The summed E-state index contributed by atoms with van der Waals surface area (Å²) in [4.78, 5) is 1.86. The zero-order valence-electron chi connectivity index (χ0n) is 11.3. The Morgan fingerprint density at radius 2 is 2.19 bits per heavy atom. The van der Waals surface area contributed by atoms with Crippen LogP contribution in [0.5, 0.6) is 0 Å². The zero-order valence-corrected chi connectivity index (χ0v) is 12.9. The van der Waals surface area contributed by atoms with Crippen molar-refractivity contribution >= 4 is 28.9 Å². The average Bonchev–Trinajstić information content (AvgIpc) is 2.47.